The molecule has 1 atom stereocenters. The summed E-state index contributed by atoms with van der Waals surface area (Å²) >= 11 is 1.93. The number of aliphatic hydroxyl groups is 1. The minimum Gasteiger partial charge on any atom is -0.395 e. The molecular formula is C8H17NOS. The van der Waals surface area contributed by atoms with E-state index in [0.717, 1.165) is 18.3 Å². The highest BCUT2D eigenvalue weighted by Gasteiger charge is 2.15. The van der Waals surface area contributed by atoms with E-state index in [-0.39, 0.29) is 0 Å². The van der Waals surface area contributed by atoms with Crippen LogP contribution in [0.2, 0.25) is 0 Å². The van der Waals surface area contributed by atoms with E-state index in [1.54, 1.807) is 0 Å². The summed E-state index contributed by atoms with van der Waals surface area (Å²) < 4.78 is 0. The maximum atomic E-state index is 8.83. The average Bonchev–Trinajstić information content (AvgIpc) is 2.06. The summed E-state index contributed by atoms with van der Waals surface area (Å²) in [5.41, 5.74) is 0. The van der Waals surface area contributed by atoms with Crippen LogP contribution in [0.3, 0.4) is 0 Å². The number of thioether (sulfide) groups is 1. The zero-order chi connectivity index (χ0) is 8.10. The molecule has 0 spiro atoms. The van der Waals surface area contributed by atoms with Crippen molar-refractivity contribution in [2.75, 3.05) is 19.7 Å². The van der Waals surface area contributed by atoms with Crippen molar-refractivity contribution in [3.8, 4) is 0 Å². The lowest BCUT2D eigenvalue weighted by molar-refractivity contribution is 0.299. The van der Waals surface area contributed by atoms with Crippen molar-refractivity contribution in [3.05, 3.63) is 0 Å². The standard InChI is InChI=1S/C8H17NOS/c1-7(6-10)11-8-2-4-9-5-3-8/h7-10H,2-6H2,1H3. The van der Waals surface area contributed by atoms with E-state index in [1.165, 1.54) is 12.8 Å². The van der Waals surface area contributed by atoms with E-state index < -0.39 is 0 Å². The Labute approximate surface area is 72.8 Å². The first-order valence-electron chi connectivity index (χ1n) is 4.30. The number of aliphatic hydroxyl groups excluding tert-OH is 1. The van der Waals surface area contributed by atoms with Gasteiger partial charge in [-0.15, -0.1) is 0 Å². The molecule has 1 unspecified atom stereocenters. The van der Waals surface area contributed by atoms with Gasteiger partial charge in [-0.2, -0.15) is 11.8 Å². The van der Waals surface area contributed by atoms with Gasteiger partial charge in [0.2, 0.25) is 0 Å². The molecule has 1 fully saturated rings. The zero-order valence-corrected chi connectivity index (χ0v) is 7.86. The van der Waals surface area contributed by atoms with E-state index in [2.05, 4.69) is 12.2 Å². The van der Waals surface area contributed by atoms with Gasteiger partial charge in [-0.25, -0.2) is 0 Å². The minimum atomic E-state index is 0.314. The van der Waals surface area contributed by atoms with Gasteiger partial charge in [-0.3, -0.25) is 0 Å². The molecule has 2 nitrogen and oxygen atoms in total. The highest BCUT2D eigenvalue weighted by Crippen LogP contribution is 2.23. The van der Waals surface area contributed by atoms with Gasteiger partial charge in [0.15, 0.2) is 0 Å². The summed E-state index contributed by atoms with van der Waals surface area (Å²) in [6.45, 7) is 4.70. The zero-order valence-electron chi connectivity index (χ0n) is 7.05. The first kappa shape index (κ1) is 9.36. The van der Waals surface area contributed by atoms with E-state index >= 15 is 0 Å². The van der Waals surface area contributed by atoms with Crippen LogP contribution in [0.1, 0.15) is 19.8 Å². The summed E-state index contributed by atoms with van der Waals surface area (Å²) in [6.07, 6.45) is 2.52. The molecule has 0 radical (unpaired) electrons. The molecule has 2 N–H and O–H groups in total. The maximum Gasteiger partial charge on any atom is 0.0547 e. The molecule has 0 aromatic carbocycles. The third kappa shape index (κ3) is 3.45. The second-order valence-electron chi connectivity index (χ2n) is 3.08. The normalized spacial score (nSPS) is 23.5. The number of nitrogens with one attached hydrogen (secondary N) is 1. The number of piperidine rings is 1. The summed E-state index contributed by atoms with van der Waals surface area (Å²) in [4.78, 5) is 0. The van der Waals surface area contributed by atoms with Crippen molar-refractivity contribution in [1.82, 2.24) is 5.32 Å². The van der Waals surface area contributed by atoms with Crippen molar-refractivity contribution in [2.45, 2.75) is 30.3 Å². The summed E-state index contributed by atoms with van der Waals surface area (Å²) in [7, 11) is 0. The van der Waals surface area contributed by atoms with Gasteiger partial charge in [-0.05, 0) is 25.9 Å². The molecule has 0 aromatic rings. The number of rotatable bonds is 3. The van der Waals surface area contributed by atoms with E-state index in [1.807, 2.05) is 11.8 Å². The Balaban J connectivity index is 2.13. The third-order valence-corrected chi connectivity index (χ3v) is 3.44. The van der Waals surface area contributed by atoms with Crippen molar-refractivity contribution < 1.29 is 5.11 Å². The average molecular weight is 175 g/mol. The Morgan fingerprint density at radius 1 is 1.55 bits per heavy atom. The molecule has 0 amide bonds. The Morgan fingerprint density at radius 2 is 2.18 bits per heavy atom. The molecule has 1 aliphatic heterocycles. The Hall–Kier alpha value is 0.270. The van der Waals surface area contributed by atoms with Crippen molar-refractivity contribution in [2.24, 2.45) is 0 Å². The summed E-state index contributed by atoms with van der Waals surface area (Å²) in [5, 5.41) is 13.4. The Kier molecular flexibility index (Phi) is 4.26. The molecule has 0 bridgehead atoms. The molecule has 1 heterocycles. The van der Waals surface area contributed by atoms with E-state index in [9.17, 15) is 0 Å². The first-order chi connectivity index (χ1) is 5.33. The van der Waals surface area contributed by atoms with Crippen LogP contribution in [-0.2, 0) is 0 Å². The van der Waals surface area contributed by atoms with Crippen molar-refractivity contribution in [1.29, 1.82) is 0 Å². The smallest absolute Gasteiger partial charge is 0.0547 e. The summed E-state index contributed by atoms with van der Waals surface area (Å²) in [5.74, 6) is 0. The molecule has 0 aliphatic carbocycles. The molecule has 11 heavy (non-hydrogen) atoms. The molecule has 0 aromatic heterocycles. The minimum absolute atomic E-state index is 0.314. The topological polar surface area (TPSA) is 32.3 Å². The Morgan fingerprint density at radius 3 is 2.73 bits per heavy atom. The lowest BCUT2D eigenvalue weighted by Gasteiger charge is -2.24. The van der Waals surface area contributed by atoms with Crippen LogP contribution in [0.4, 0.5) is 0 Å². The van der Waals surface area contributed by atoms with Gasteiger partial charge in [0.25, 0.3) is 0 Å². The van der Waals surface area contributed by atoms with Crippen LogP contribution < -0.4 is 5.32 Å². The fourth-order valence-corrected chi connectivity index (χ4v) is 2.55. The summed E-state index contributed by atoms with van der Waals surface area (Å²) in [6, 6.07) is 0. The van der Waals surface area contributed by atoms with Gasteiger partial charge in [-0.1, -0.05) is 6.92 Å². The van der Waals surface area contributed by atoms with Gasteiger partial charge >= 0.3 is 0 Å². The van der Waals surface area contributed by atoms with Crippen molar-refractivity contribution in [3.63, 3.8) is 0 Å². The van der Waals surface area contributed by atoms with Gasteiger partial charge in [0.1, 0.15) is 0 Å². The molecule has 1 rings (SSSR count). The number of hydrogen-bond acceptors (Lipinski definition) is 3. The quantitative estimate of drug-likeness (QED) is 0.667. The molecule has 66 valence electrons. The second kappa shape index (κ2) is 5.01. The van der Waals surface area contributed by atoms with Gasteiger partial charge in [0, 0.05) is 10.5 Å². The van der Waals surface area contributed by atoms with Crippen LogP contribution in [0, 0.1) is 0 Å². The molecule has 3 heteroatoms. The predicted molar refractivity (Wildman–Crippen MR) is 50.0 cm³/mol. The maximum absolute atomic E-state index is 8.83. The lowest BCUT2D eigenvalue weighted by atomic mass is 10.2. The molecule has 1 saturated heterocycles. The second-order valence-corrected chi connectivity index (χ2v) is 4.82. The van der Waals surface area contributed by atoms with Crippen LogP contribution in [0.15, 0.2) is 0 Å². The van der Waals surface area contributed by atoms with Gasteiger partial charge in [0.05, 0.1) is 6.61 Å². The van der Waals surface area contributed by atoms with Crippen LogP contribution >= 0.6 is 11.8 Å². The highest BCUT2D eigenvalue weighted by molar-refractivity contribution is 8.00. The van der Waals surface area contributed by atoms with E-state index in [0.29, 0.717) is 11.9 Å². The Bertz CT molecular complexity index is 104. The molecule has 1 aliphatic rings. The first-order valence-corrected chi connectivity index (χ1v) is 5.24. The van der Waals surface area contributed by atoms with Crippen LogP contribution in [-0.4, -0.2) is 35.3 Å². The third-order valence-electron chi connectivity index (χ3n) is 1.97. The van der Waals surface area contributed by atoms with Crippen molar-refractivity contribution >= 4 is 11.8 Å². The molecular weight excluding hydrogens is 158 g/mol. The molecule has 0 saturated carbocycles. The SMILES string of the molecule is CC(CO)SC1CCNCC1. The fraction of sp³-hybridized carbons (Fsp3) is 1.00. The van der Waals surface area contributed by atoms with Crippen LogP contribution in [0.25, 0.3) is 0 Å². The highest BCUT2D eigenvalue weighted by atomic mass is 32.2. The van der Waals surface area contributed by atoms with E-state index in [4.69, 9.17) is 5.11 Å². The lowest BCUT2D eigenvalue weighted by Crippen LogP contribution is -2.30. The van der Waals surface area contributed by atoms with Gasteiger partial charge < -0.3 is 10.4 Å². The fourth-order valence-electron chi connectivity index (χ4n) is 1.30. The monoisotopic (exact) mass is 175 g/mol. The van der Waals surface area contributed by atoms with Crippen LogP contribution in [0.5, 0.6) is 0 Å². The number of hydrogen-bond donors (Lipinski definition) is 2. The largest absolute Gasteiger partial charge is 0.395 e. The predicted octanol–water partition coefficient (Wildman–Crippen LogP) is 0.852.